The molecule has 1 aliphatic rings. The van der Waals surface area contributed by atoms with Crippen LogP contribution in [0.15, 0.2) is 30.6 Å². The van der Waals surface area contributed by atoms with Crippen LogP contribution in [0.1, 0.15) is 23.4 Å². The zero-order valence-corrected chi connectivity index (χ0v) is 14.8. The van der Waals surface area contributed by atoms with E-state index in [0.717, 1.165) is 43.2 Å². The first-order chi connectivity index (χ1) is 12.2. The van der Waals surface area contributed by atoms with Gasteiger partial charge in [-0.3, -0.25) is 4.90 Å². The van der Waals surface area contributed by atoms with Gasteiger partial charge < -0.3 is 10.0 Å². The molecule has 8 heteroatoms. The van der Waals surface area contributed by atoms with Crippen molar-refractivity contribution in [3.05, 3.63) is 46.9 Å². The first-order valence-corrected chi connectivity index (χ1v) is 9.22. The summed E-state index contributed by atoms with van der Waals surface area (Å²) in [4.78, 5) is 10.3. The molecule has 0 spiro atoms. The van der Waals surface area contributed by atoms with Crippen molar-refractivity contribution in [2.24, 2.45) is 0 Å². The molecule has 1 saturated heterocycles. The Bertz CT molecular complexity index is 871. The summed E-state index contributed by atoms with van der Waals surface area (Å²) in [6.07, 6.45) is 1.42. The fourth-order valence-corrected chi connectivity index (χ4v) is 4.51. The molecule has 2 aromatic heterocycles. The highest BCUT2D eigenvalue weighted by Gasteiger charge is 2.31. The van der Waals surface area contributed by atoms with Gasteiger partial charge in [0.25, 0.3) is 0 Å². The van der Waals surface area contributed by atoms with E-state index in [4.69, 9.17) is 0 Å². The van der Waals surface area contributed by atoms with Crippen molar-refractivity contribution < 1.29 is 9.50 Å². The van der Waals surface area contributed by atoms with Crippen LogP contribution in [-0.4, -0.2) is 62.2 Å². The summed E-state index contributed by atoms with van der Waals surface area (Å²) < 4.78 is 15.3. The van der Waals surface area contributed by atoms with Gasteiger partial charge in [-0.15, -0.1) is 0 Å². The summed E-state index contributed by atoms with van der Waals surface area (Å²) in [5, 5.41) is 14.7. The average molecular weight is 361 g/mol. The molecule has 1 atom stereocenters. The summed E-state index contributed by atoms with van der Waals surface area (Å²) in [5.74, 6) is -0.182. The van der Waals surface area contributed by atoms with Crippen LogP contribution >= 0.6 is 11.3 Å². The second-order valence-electron chi connectivity index (χ2n) is 6.17. The standard InChI is InChI=1S/C17H20FN5OS/c1-2-21-6-8-22(9-7-21)14(12-4-3-5-13(18)10-12)15-16(24)23-17(25-15)19-11-20-23/h3-5,10-11,14,24H,2,6-9H2,1H3/t14-/m1/s1. The number of aromatic nitrogens is 3. The van der Waals surface area contributed by atoms with Crippen molar-refractivity contribution in [1.29, 1.82) is 0 Å². The zero-order valence-electron chi connectivity index (χ0n) is 14.0. The number of benzene rings is 1. The summed E-state index contributed by atoms with van der Waals surface area (Å²) >= 11 is 1.40. The maximum absolute atomic E-state index is 13.9. The van der Waals surface area contributed by atoms with Gasteiger partial charge in [0.15, 0.2) is 0 Å². The molecule has 6 nitrogen and oxygen atoms in total. The predicted octanol–water partition coefficient (Wildman–Crippen LogP) is 2.36. The van der Waals surface area contributed by atoms with E-state index in [9.17, 15) is 9.50 Å². The molecule has 1 fully saturated rings. The van der Waals surface area contributed by atoms with Crippen molar-refractivity contribution in [1.82, 2.24) is 24.4 Å². The minimum Gasteiger partial charge on any atom is -0.492 e. The number of hydrogen-bond donors (Lipinski definition) is 1. The minimum atomic E-state index is -0.270. The SMILES string of the molecule is CCN1CCN([C@H](c2cccc(F)c2)c2sc3ncnn3c2O)CC1. The Morgan fingerprint density at radius 1 is 1.28 bits per heavy atom. The molecular formula is C17H20FN5OS. The summed E-state index contributed by atoms with van der Waals surface area (Å²) in [6.45, 7) is 6.84. The predicted molar refractivity (Wildman–Crippen MR) is 94.5 cm³/mol. The van der Waals surface area contributed by atoms with Gasteiger partial charge in [-0.2, -0.15) is 9.61 Å². The van der Waals surface area contributed by atoms with E-state index in [2.05, 4.69) is 26.8 Å². The second kappa shape index (κ2) is 6.70. The second-order valence-corrected chi connectivity index (χ2v) is 7.18. The first kappa shape index (κ1) is 16.4. The lowest BCUT2D eigenvalue weighted by atomic mass is 10.0. The minimum absolute atomic E-state index is 0.0877. The van der Waals surface area contributed by atoms with Gasteiger partial charge in [0.2, 0.25) is 10.8 Å². The maximum atomic E-state index is 13.9. The summed E-state index contributed by atoms with van der Waals surface area (Å²) in [5.41, 5.74) is 0.838. The van der Waals surface area contributed by atoms with Crippen molar-refractivity contribution in [3.63, 3.8) is 0 Å². The summed E-state index contributed by atoms with van der Waals surface area (Å²) in [7, 11) is 0. The molecule has 1 aliphatic heterocycles. The Balaban J connectivity index is 1.76. The number of piperazine rings is 1. The molecule has 3 aromatic rings. The van der Waals surface area contributed by atoms with Gasteiger partial charge in [-0.05, 0) is 24.2 Å². The fourth-order valence-electron chi connectivity index (χ4n) is 3.41. The Morgan fingerprint density at radius 2 is 2.08 bits per heavy atom. The Kier molecular flexibility index (Phi) is 4.41. The van der Waals surface area contributed by atoms with E-state index < -0.39 is 0 Å². The lowest BCUT2D eigenvalue weighted by Gasteiger charge is -2.38. The van der Waals surface area contributed by atoms with Crippen molar-refractivity contribution in [2.45, 2.75) is 13.0 Å². The molecule has 25 heavy (non-hydrogen) atoms. The van der Waals surface area contributed by atoms with Crippen molar-refractivity contribution in [3.8, 4) is 5.88 Å². The van der Waals surface area contributed by atoms with Gasteiger partial charge in [0.1, 0.15) is 12.1 Å². The fraction of sp³-hybridized carbons (Fsp3) is 0.412. The lowest BCUT2D eigenvalue weighted by molar-refractivity contribution is 0.113. The number of aromatic hydroxyl groups is 1. The van der Waals surface area contributed by atoms with Crippen LogP contribution in [0.25, 0.3) is 4.96 Å². The monoisotopic (exact) mass is 361 g/mol. The number of hydrogen-bond acceptors (Lipinski definition) is 6. The lowest BCUT2D eigenvalue weighted by Crippen LogP contribution is -2.47. The highest BCUT2D eigenvalue weighted by Crippen LogP contribution is 2.40. The number of likely N-dealkylation sites (N-methyl/N-ethyl adjacent to an activating group) is 1. The number of nitrogens with zero attached hydrogens (tertiary/aromatic N) is 5. The van der Waals surface area contributed by atoms with Crippen LogP contribution in [0.3, 0.4) is 0 Å². The highest BCUT2D eigenvalue weighted by atomic mass is 32.1. The van der Waals surface area contributed by atoms with E-state index in [1.54, 1.807) is 12.1 Å². The quantitative estimate of drug-likeness (QED) is 0.773. The van der Waals surface area contributed by atoms with E-state index in [1.165, 1.54) is 28.2 Å². The van der Waals surface area contributed by atoms with Gasteiger partial charge in [-0.1, -0.05) is 30.4 Å². The summed E-state index contributed by atoms with van der Waals surface area (Å²) in [6, 6.07) is 6.41. The number of fused-ring (bicyclic) bond motifs is 1. The molecule has 4 rings (SSSR count). The van der Waals surface area contributed by atoms with E-state index in [1.807, 2.05) is 6.07 Å². The van der Waals surface area contributed by atoms with Crippen LogP contribution in [0.4, 0.5) is 4.39 Å². The molecule has 0 unspecified atom stereocenters. The molecular weight excluding hydrogens is 341 g/mol. The zero-order chi connectivity index (χ0) is 17.4. The van der Waals surface area contributed by atoms with Crippen LogP contribution in [0.2, 0.25) is 0 Å². The smallest absolute Gasteiger partial charge is 0.230 e. The van der Waals surface area contributed by atoms with E-state index >= 15 is 0 Å². The van der Waals surface area contributed by atoms with Gasteiger partial charge in [-0.25, -0.2) is 9.37 Å². The Hall–Kier alpha value is -2.03. The van der Waals surface area contributed by atoms with Crippen LogP contribution in [0, 0.1) is 5.82 Å². The van der Waals surface area contributed by atoms with Crippen LogP contribution in [-0.2, 0) is 0 Å². The number of thiazole rings is 1. The van der Waals surface area contributed by atoms with Crippen molar-refractivity contribution in [2.75, 3.05) is 32.7 Å². The largest absolute Gasteiger partial charge is 0.492 e. The van der Waals surface area contributed by atoms with Crippen LogP contribution in [0.5, 0.6) is 5.88 Å². The molecule has 3 heterocycles. The van der Waals surface area contributed by atoms with Crippen molar-refractivity contribution >= 4 is 16.3 Å². The van der Waals surface area contributed by atoms with Gasteiger partial charge in [0.05, 0.1) is 10.9 Å². The number of rotatable bonds is 4. The molecule has 1 N–H and O–H groups in total. The third-order valence-electron chi connectivity index (χ3n) is 4.77. The molecule has 0 aliphatic carbocycles. The third-order valence-corrected chi connectivity index (χ3v) is 5.86. The Morgan fingerprint density at radius 3 is 2.76 bits per heavy atom. The van der Waals surface area contributed by atoms with Crippen LogP contribution < -0.4 is 0 Å². The maximum Gasteiger partial charge on any atom is 0.230 e. The molecule has 0 bridgehead atoms. The van der Waals surface area contributed by atoms with Gasteiger partial charge in [0, 0.05) is 26.2 Å². The average Bonchev–Trinajstić information content (AvgIpc) is 3.20. The molecule has 0 radical (unpaired) electrons. The Labute approximate surface area is 149 Å². The number of halogens is 1. The van der Waals surface area contributed by atoms with E-state index in [-0.39, 0.29) is 17.7 Å². The molecule has 132 valence electrons. The van der Waals surface area contributed by atoms with Gasteiger partial charge >= 0.3 is 0 Å². The molecule has 1 aromatic carbocycles. The third kappa shape index (κ3) is 3.01. The molecule has 0 saturated carbocycles. The molecule has 0 amide bonds. The first-order valence-electron chi connectivity index (χ1n) is 8.40. The normalized spacial score (nSPS) is 18.0. The van der Waals surface area contributed by atoms with E-state index in [0.29, 0.717) is 4.96 Å². The topological polar surface area (TPSA) is 56.9 Å². The highest BCUT2D eigenvalue weighted by molar-refractivity contribution is 7.17.